The number of hydrogen-bond acceptors (Lipinski definition) is 0. The second kappa shape index (κ2) is 15.5. The van der Waals surface area contributed by atoms with Crippen molar-refractivity contribution in [1.82, 2.24) is 0 Å². The fourth-order valence-corrected chi connectivity index (χ4v) is 5.54. The highest BCUT2D eigenvalue weighted by atomic mass is 19.3. The van der Waals surface area contributed by atoms with Crippen LogP contribution in [0.25, 0.3) is 11.6 Å². The largest absolute Gasteiger partial charge is 0.248 e. The highest BCUT2D eigenvalue weighted by Crippen LogP contribution is 2.43. The molecule has 0 aliphatic heterocycles. The van der Waals surface area contributed by atoms with Gasteiger partial charge in [-0.1, -0.05) is 94.0 Å². The van der Waals surface area contributed by atoms with E-state index in [4.69, 9.17) is 0 Å². The molecule has 0 nitrogen and oxygen atoms in total. The Morgan fingerprint density at radius 3 is 2.10 bits per heavy atom. The number of rotatable bonds is 13. The van der Waals surface area contributed by atoms with Crippen LogP contribution in [-0.2, 0) is 0 Å². The number of allylic oxidation sites excluding steroid dienone is 10. The lowest BCUT2D eigenvalue weighted by molar-refractivity contribution is -0.0771. The van der Waals surface area contributed by atoms with Crippen molar-refractivity contribution >= 4 is 11.6 Å². The fraction of sp³-hybridized carbons (Fsp3) is 0.514. The van der Waals surface area contributed by atoms with Crippen molar-refractivity contribution in [3.63, 3.8) is 0 Å². The molecule has 0 radical (unpaired) electrons. The van der Waals surface area contributed by atoms with Gasteiger partial charge in [0.2, 0.25) is 5.92 Å². The van der Waals surface area contributed by atoms with Gasteiger partial charge >= 0.3 is 0 Å². The zero-order valence-corrected chi connectivity index (χ0v) is 26.0. The Morgan fingerprint density at radius 1 is 0.975 bits per heavy atom. The van der Waals surface area contributed by atoms with E-state index in [9.17, 15) is 8.78 Å². The van der Waals surface area contributed by atoms with E-state index >= 15 is 4.39 Å². The SMILES string of the molecule is C=Cc1ccc(C(=C/CCC2(F)CCC(F)(F)CC2)/C(=C/C)C(=C\C(=C/C)C(\C)=C(/C)C(C)CC)/CCC)cc1. The van der Waals surface area contributed by atoms with Crippen LogP contribution in [0.2, 0.25) is 0 Å². The molecule has 1 aliphatic rings. The molecule has 0 N–H and O–H groups in total. The number of halogens is 3. The Labute approximate surface area is 242 Å². The highest BCUT2D eigenvalue weighted by molar-refractivity contribution is 5.84. The summed E-state index contributed by atoms with van der Waals surface area (Å²) in [5.74, 6) is -2.21. The molecular weight excluding hydrogens is 501 g/mol. The van der Waals surface area contributed by atoms with Crippen LogP contribution < -0.4 is 0 Å². The van der Waals surface area contributed by atoms with Gasteiger partial charge in [-0.05, 0) is 111 Å². The minimum atomic E-state index is -2.73. The standard InChI is InChI=1S/C37H51F3/c1-9-15-33(26-31(12-4)29(8)28(7)27(6)10-2)34(13-5)35(32-19-17-30(11-3)18-20-32)16-14-21-36(38)22-24-37(39,40)25-23-36/h11-13,16-20,26-27H,3,9-10,14-15,21-25H2,1-2,4-8H3/b29-28+,31-12+,33-26-,34-13+,35-16-. The van der Waals surface area contributed by atoms with Crippen LogP contribution in [0.5, 0.6) is 0 Å². The molecule has 1 aliphatic carbocycles. The minimum Gasteiger partial charge on any atom is -0.244 e. The highest BCUT2D eigenvalue weighted by Gasteiger charge is 2.43. The zero-order chi connectivity index (χ0) is 29.9. The summed E-state index contributed by atoms with van der Waals surface area (Å²) in [4.78, 5) is 0. The van der Waals surface area contributed by atoms with Crippen molar-refractivity contribution in [1.29, 1.82) is 0 Å². The molecule has 0 aromatic heterocycles. The Balaban J connectivity index is 2.54. The number of benzene rings is 1. The van der Waals surface area contributed by atoms with Crippen LogP contribution in [-0.4, -0.2) is 11.6 Å². The van der Waals surface area contributed by atoms with Gasteiger partial charge in [0.15, 0.2) is 0 Å². The van der Waals surface area contributed by atoms with E-state index in [1.165, 1.54) is 22.3 Å². The van der Waals surface area contributed by atoms with Crippen LogP contribution >= 0.6 is 0 Å². The molecule has 1 saturated carbocycles. The van der Waals surface area contributed by atoms with Crippen molar-refractivity contribution in [3.8, 4) is 0 Å². The van der Waals surface area contributed by atoms with Gasteiger partial charge in [-0.3, -0.25) is 0 Å². The first-order valence-electron chi connectivity index (χ1n) is 15.2. The average Bonchev–Trinajstić information content (AvgIpc) is 2.96. The van der Waals surface area contributed by atoms with Crippen LogP contribution in [0.1, 0.15) is 117 Å². The fourth-order valence-electron chi connectivity index (χ4n) is 5.54. The third kappa shape index (κ3) is 9.25. The van der Waals surface area contributed by atoms with E-state index < -0.39 is 11.6 Å². The molecular formula is C37H51F3. The average molecular weight is 553 g/mol. The molecule has 2 rings (SSSR count). The zero-order valence-electron chi connectivity index (χ0n) is 26.0. The van der Waals surface area contributed by atoms with E-state index in [1.54, 1.807) is 0 Å². The summed E-state index contributed by atoms with van der Waals surface area (Å²) in [5, 5.41) is 0. The Hall–Kier alpha value is -2.55. The third-order valence-corrected chi connectivity index (χ3v) is 8.74. The maximum absolute atomic E-state index is 15.5. The first-order chi connectivity index (χ1) is 18.9. The number of hydrogen-bond donors (Lipinski definition) is 0. The molecule has 0 saturated heterocycles. The summed E-state index contributed by atoms with van der Waals surface area (Å²) in [6.45, 7) is 19.2. The van der Waals surface area contributed by atoms with E-state index in [-0.39, 0.29) is 32.1 Å². The third-order valence-electron chi connectivity index (χ3n) is 8.74. The summed E-state index contributed by atoms with van der Waals surface area (Å²) >= 11 is 0. The monoisotopic (exact) mass is 552 g/mol. The quantitative estimate of drug-likeness (QED) is 0.213. The molecule has 220 valence electrons. The molecule has 1 aromatic carbocycles. The second-order valence-electron chi connectivity index (χ2n) is 11.5. The molecule has 0 heterocycles. The van der Waals surface area contributed by atoms with Gasteiger partial charge in [0, 0.05) is 12.8 Å². The number of alkyl halides is 3. The Kier molecular flexibility index (Phi) is 13.0. The van der Waals surface area contributed by atoms with Crippen molar-refractivity contribution < 1.29 is 13.2 Å². The van der Waals surface area contributed by atoms with Crippen molar-refractivity contribution in [2.45, 2.75) is 118 Å². The molecule has 1 atom stereocenters. The molecule has 1 aromatic rings. The molecule has 1 unspecified atom stereocenters. The van der Waals surface area contributed by atoms with Gasteiger partial charge in [-0.2, -0.15) is 0 Å². The molecule has 3 heteroatoms. The van der Waals surface area contributed by atoms with E-state index in [2.05, 4.69) is 91.5 Å². The Morgan fingerprint density at radius 2 is 1.60 bits per heavy atom. The van der Waals surface area contributed by atoms with Crippen LogP contribution in [0.3, 0.4) is 0 Å². The molecule has 40 heavy (non-hydrogen) atoms. The predicted octanol–water partition coefficient (Wildman–Crippen LogP) is 12.4. The summed E-state index contributed by atoms with van der Waals surface area (Å²) < 4.78 is 42.9. The normalized spacial score (nSPS) is 19.8. The van der Waals surface area contributed by atoms with Gasteiger partial charge in [-0.25, -0.2) is 13.2 Å². The van der Waals surface area contributed by atoms with Crippen molar-refractivity contribution in [2.24, 2.45) is 5.92 Å². The summed E-state index contributed by atoms with van der Waals surface area (Å²) in [7, 11) is 0. The second-order valence-corrected chi connectivity index (χ2v) is 11.5. The summed E-state index contributed by atoms with van der Waals surface area (Å²) in [6.07, 6.45) is 13.5. The van der Waals surface area contributed by atoms with Gasteiger partial charge in [0.25, 0.3) is 0 Å². The first-order valence-corrected chi connectivity index (χ1v) is 15.2. The molecule has 0 bridgehead atoms. The molecule has 1 fully saturated rings. The molecule has 0 spiro atoms. The van der Waals surface area contributed by atoms with E-state index in [0.29, 0.717) is 12.3 Å². The van der Waals surface area contributed by atoms with Crippen LogP contribution in [0, 0.1) is 5.92 Å². The topological polar surface area (TPSA) is 0 Å². The lowest BCUT2D eigenvalue weighted by Crippen LogP contribution is -2.34. The Bertz CT molecular complexity index is 1130. The van der Waals surface area contributed by atoms with E-state index in [0.717, 1.165) is 41.5 Å². The van der Waals surface area contributed by atoms with Gasteiger partial charge in [0.05, 0.1) is 0 Å². The van der Waals surface area contributed by atoms with Gasteiger partial charge in [0.1, 0.15) is 5.67 Å². The van der Waals surface area contributed by atoms with E-state index in [1.807, 2.05) is 18.2 Å². The van der Waals surface area contributed by atoms with Crippen LogP contribution in [0.4, 0.5) is 13.2 Å². The van der Waals surface area contributed by atoms with Gasteiger partial charge in [-0.15, -0.1) is 0 Å². The predicted molar refractivity (Wildman–Crippen MR) is 169 cm³/mol. The van der Waals surface area contributed by atoms with Crippen molar-refractivity contribution in [3.05, 3.63) is 94.1 Å². The lowest BCUT2D eigenvalue weighted by Gasteiger charge is -2.33. The first kappa shape index (κ1) is 33.7. The molecule has 0 amide bonds. The van der Waals surface area contributed by atoms with Crippen molar-refractivity contribution in [2.75, 3.05) is 0 Å². The summed E-state index contributed by atoms with van der Waals surface area (Å²) in [5.41, 5.74) is 7.99. The minimum absolute atomic E-state index is 0.0690. The van der Waals surface area contributed by atoms with Crippen LogP contribution in [0.15, 0.2) is 83.0 Å². The van der Waals surface area contributed by atoms with Gasteiger partial charge < -0.3 is 0 Å². The lowest BCUT2D eigenvalue weighted by atomic mass is 9.80. The maximum atomic E-state index is 15.5. The smallest absolute Gasteiger partial charge is 0.244 e. The summed E-state index contributed by atoms with van der Waals surface area (Å²) in [6, 6.07) is 8.28. The maximum Gasteiger partial charge on any atom is 0.248 e.